The SMILES string of the molecule is C[N+]1(CCCCc2ccccc2)CCC(C(C(N)=O)(c2ccccc2)c2ccc(O)cc2)C1. The molecule has 1 saturated heterocycles. The van der Waals surface area contributed by atoms with Gasteiger partial charge in [0, 0.05) is 12.3 Å². The molecule has 3 aromatic rings. The molecule has 0 saturated carbocycles. The molecule has 3 atom stereocenters. The number of hydrogen-bond donors (Lipinski definition) is 2. The van der Waals surface area contributed by atoms with Crippen LogP contribution < -0.4 is 5.73 Å². The summed E-state index contributed by atoms with van der Waals surface area (Å²) in [7, 11) is 2.32. The number of likely N-dealkylation sites (tertiary alicyclic amines) is 1. The average molecular weight is 444 g/mol. The quantitative estimate of drug-likeness (QED) is 0.373. The first-order chi connectivity index (χ1) is 15.9. The molecule has 4 heteroatoms. The molecular formula is C29H35N2O2+. The van der Waals surface area contributed by atoms with E-state index in [0.29, 0.717) is 0 Å². The number of aryl methyl sites for hydroxylation is 1. The van der Waals surface area contributed by atoms with Gasteiger partial charge in [-0.25, -0.2) is 0 Å². The third kappa shape index (κ3) is 4.81. The lowest BCUT2D eigenvalue weighted by Gasteiger charge is -2.38. The number of phenolic OH excluding ortho intramolecular Hbond substituents is 1. The van der Waals surface area contributed by atoms with Crippen molar-refractivity contribution < 1.29 is 14.4 Å². The number of hydrogen-bond acceptors (Lipinski definition) is 2. The molecule has 0 aliphatic carbocycles. The number of nitrogens with two attached hydrogens (primary N) is 1. The van der Waals surface area contributed by atoms with Gasteiger partial charge < -0.3 is 15.3 Å². The number of carbonyl (C=O) groups excluding carboxylic acids is 1. The van der Waals surface area contributed by atoms with E-state index >= 15 is 0 Å². The Balaban J connectivity index is 1.55. The molecule has 172 valence electrons. The van der Waals surface area contributed by atoms with E-state index < -0.39 is 5.41 Å². The van der Waals surface area contributed by atoms with Crippen LogP contribution in [-0.2, 0) is 16.6 Å². The van der Waals surface area contributed by atoms with Crippen LogP contribution in [0, 0.1) is 5.92 Å². The fourth-order valence-electron chi connectivity index (χ4n) is 5.76. The summed E-state index contributed by atoms with van der Waals surface area (Å²) in [6.07, 6.45) is 4.37. The van der Waals surface area contributed by atoms with Gasteiger partial charge in [-0.05, 0) is 48.1 Å². The molecule has 3 aromatic carbocycles. The number of primary amides is 1. The van der Waals surface area contributed by atoms with E-state index in [1.54, 1.807) is 12.1 Å². The number of aromatic hydroxyl groups is 1. The zero-order valence-electron chi connectivity index (χ0n) is 19.5. The van der Waals surface area contributed by atoms with Gasteiger partial charge in [0.15, 0.2) is 0 Å². The number of quaternary nitrogens is 1. The van der Waals surface area contributed by atoms with Gasteiger partial charge >= 0.3 is 0 Å². The predicted octanol–water partition coefficient (Wildman–Crippen LogP) is 4.65. The van der Waals surface area contributed by atoms with Crippen LogP contribution in [0.5, 0.6) is 5.75 Å². The van der Waals surface area contributed by atoms with E-state index in [9.17, 15) is 9.90 Å². The molecular weight excluding hydrogens is 408 g/mol. The molecule has 1 amide bonds. The van der Waals surface area contributed by atoms with Crippen LogP contribution in [0.3, 0.4) is 0 Å². The Morgan fingerprint density at radius 1 is 0.939 bits per heavy atom. The third-order valence-electron chi connectivity index (χ3n) is 7.49. The van der Waals surface area contributed by atoms with Crippen LogP contribution in [0.4, 0.5) is 0 Å². The molecule has 3 unspecified atom stereocenters. The first-order valence-electron chi connectivity index (χ1n) is 12.0. The maximum absolute atomic E-state index is 13.3. The van der Waals surface area contributed by atoms with Gasteiger partial charge in [0.1, 0.15) is 11.2 Å². The Kier molecular flexibility index (Phi) is 6.85. The normalized spacial score (nSPS) is 22.0. The molecule has 1 aliphatic rings. The number of benzene rings is 3. The summed E-state index contributed by atoms with van der Waals surface area (Å²) in [6, 6.07) is 27.6. The van der Waals surface area contributed by atoms with Crippen LogP contribution in [-0.4, -0.2) is 42.2 Å². The maximum Gasteiger partial charge on any atom is 0.233 e. The van der Waals surface area contributed by atoms with Crippen LogP contribution in [0.1, 0.15) is 36.0 Å². The topological polar surface area (TPSA) is 63.3 Å². The fraction of sp³-hybridized carbons (Fsp3) is 0.345. The summed E-state index contributed by atoms with van der Waals surface area (Å²) in [6.45, 7) is 3.04. The van der Waals surface area contributed by atoms with Crippen molar-refractivity contribution in [2.45, 2.75) is 31.1 Å². The highest BCUT2D eigenvalue weighted by molar-refractivity contribution is 5.91. The van der Waals surface area contributed by atoms with Gasteiger partial charge in [-0.1, -0.05) is 72.8 Å². The summed E-state index contributed by atoms with van der Waals surface area (Å²) >= 11 is 0. The van der Waals surface area contributed by atoms with Crippen LogP contribution in [0.15, 0.2) is 84.9 Å². The highest BCUT2D eigenvalue weighted by atomic mass is 16.3. The van der Waals surface area contributed by atoms with Gasteiger partial charge in [0.05, 0.1) is 26.7 Å². The van der Waals surface area contributed by atoms with Gasteiger partial charge in [0.25, 0.3) is 0 Å². The van der Waals surface area contributed by atoms with E-state index in [1.807, 2.05) is 42.5 Å². The van der Waals surface area contributed by atoms with E-state index in [-0.39, 0.29) is 17.6 Å². The highest BCUT2D eigenvalue weighted by Crippen LogP contribution is 2.45. The zero-order chi connectivity index (χ0) is 23.3. The third-order valence-corrected chi connectivity index (χ3v) is 7.49. The molecule has 1 aliphatic heterocycles. The monoisotopic (exact) mass is 443 g/mol. The lowest BCUT2D eigenvalue weighted by atomic mass is 9.64. The largest absolute Gasteiger partial charge is 0.508 e. The Labute approximate surface area is 197 Å². The molecule has 0 radical (unpaired) electrons. The standard InChI is InChI=1S/C29H34N2O2/c1-31(20-9-8-12-23-10-4-2-5-11-23)21-19-26(22-31)29(28(30)33,24-13-6-3-7-14-24)25-15-17-27(32)18-16-25/h2-7,10-11,13-18,26H,8-9,12,19-22H2,1H3,(H2-,30,32,33)/p+1. The second-order valence-corrected chi connectivity index (χ2v) is 9.76. The second kappa shape index (κ2) is 9.80. The molecule has 33 heavy (non-hydrogen) atoms. The Morgan fingerprint density at radius 3 is 2.18 bits per heavy atom. The summed E-state index contributed by atoms with van der Waals surface area (Å²) in [5.74, 6) is -0.0291. The average Bonchev–Trinajstić information content (AvgIpc) is 3.22. The minimum atomic E-state index is -0.908. The highest BCUT2D eigenvalue weighted by Gasteiger charge is 2.53. The number of amides is 1. The minimum Gasteiger partial charge on any atom is -0.508 e. The summed E-state index contributed by atoms with van der Waals surface area (Å²) in [5.41, 5.74) is 8.50. The van der Waals surface area contributed by atoms with Gasteiger partial charge in [-0.15, -0.1) is 0 Å². The number of rotatable bonds is 9. The lowest BCUT2D eigenvalue weighted by Crippen LogP contribution is -2.51. The Morgan fingerprint density at radius 2 is 1.55 bits per heavy atom. The van der Waals surface area contributed by atoms with Crippen molar-refractivity contribution in [2.75, 3.05) is 26.7 Å². The molecule has 0 spiro atoms. The van der Waals surface area contributed by atoms with Gasteiger partial charge in [-0.2, -0.15) is 0 Å². The van der Waals surface area contributed by atoms with Crippen molar-refractivity contribution in [2.24, 2.45) is 11.7 Å². The summed E-state index contributed by atoms with van der Waals surface area (Å²) < 4.78 is 0.958. The van der Waals surface area contributed by atoms with Gasteiger partial charge in [-0.3, -0.25) is 4.79 Å². The van der Waals surface area contributed by atoms with Crippen molar-refractivity contribution in [1.29, 1.82) is 0 Å². The molecule has 4 nitrogen and oxygen atoms in total. The number of carbonyl (C=O) groups is 1. The van der Waals surface area contributed by atoms with E-state index in [1.165, 1.54) is 12.0 Å². The fourth-order valence-corrected chi connectivity index (χ4v) is 5.76. The Hall–Kier alpha value is -3.11. The van der Waals surface area contributed by atoms with Crippen LogP contribution in [0.2, 0.25) is 0 Å². The molecule has 1 fully saturated rings. The first-order valence-corrected chi connectivity index (χ1v) is 12.0. The minimum absolute atomic E-state index is 0.0982. The van der Waals surface area contributed by atoms with Crippen LogP contribution >= 0.6 is 0 Å². The van der Waals surface area contributed by atoms with Crippen molar-refractivity contribution in [3.63, 3.8) is 0 Å². The van der Waals surface area contributed by atoms with Crippen LogP contribution in [0.25, 0.3) is 0 Å². The van der Waals surface area contributed by atoms with Gasteiger partial charge in [0.2, 0.25) is 5.91 Å². The zero-order valence-corrected chi connectivity index (χ0v) is 19.5. The van der Waals surface area contributed by atoms with E-state index in [2.05, 4.69) is 37.4 Å². The summed E-state index contributed by atoms with van der Waals surface area (Å²) in [4.78, 5) is 13.3. The lowest BCUT2D eigenvalue weighted by molar-refractivity contribution is -0.899. The second-order valence-electron chi connectivity index (χ2n) is 9.76. The van der Waals surface area contributed by atoms with Crippen molar-refractivity contribution >= 4 is 5.91 Å². The van der Waals surface area contributed by atoms with Crippen molar-refractivity contribution in [1.82, 2.24) is 0 Å². The number of unbranched alkanes of at least 4 members (excludes halogenated alkanes) is 1. The number of nitrogens with zero attached hydrogens (tertiary/aromatic N) is 1. The molecule has 3 N–H and O–H groups in total. The smallest absolute Gasteiger partial charge is 0.233 e. The van der Waals surface area contributed by atoms with E-state index in [0.717, 1.165) is 54.5 Å². The van der Waals surface area contributed by atoms with Crippen molar-refractivity contribution in [3.05, 3.63) is 102 Å². The molecule has 1 heterocycles. The maximum atomic E-state index is 13.3. The molecule has 0 aromatic heterocycles. The number of phenols is 1. The molecule has 4 rings (SSSR count). The molecule has 0 bridgehead atoms. The van der Waals surface area contributed by atoms with E-state index in [4.69, 9.17) is 5.73 Å². The first kappa shape index (κ1) is 23.1. The summed E-state index contributed by atoms with van der Waals surface area (Å²) in [5, 5.41) is 9.86. The van der Waals surface area contributed by atoms with Crippen molar-refractivity contribution in [3.8, 4) is 5.75 Å². The Bertz CT molecular complexity index is 1050. The predicted molar refractivity (Wildman–Crippen MR) is 133 cm³/mol.